The summed E-state index contributed by atoms with van der Waals surface area (Å²) >= 11 is 0. The van der Waals surface area contributed by atoms with Crippen molar-refractivity contribution in [1.82, 2.24) is 0 Å². The average molecular weight is 432 g/mol. The Labute approximate surface area is 178 Å². The van der Waals surface area contributed by atoms with Gasteiger partial charge in [0.15, 0.2) is 0 Å². The third kappa shape index (κ3) is 8.64. The second kappa shape index (κ2) is 13.2. The minimum Gasteiger partial charge on any atom is -0.435 e. The zero-order chi connectivity index (χ0) is 22.5. The zero-order valence-electron chi connectivity index (χ0n) is 16.7. The highest BCUT2D eigenvalue weighted by Gasteiger charge is 2.18. The maximum atomic E-state index is 12.3. The molecule has 0 amide bonds. The van der Waals surface area contributed by atoms with E-state index >= 15 is 0 Å². The fourth-order valence-corrected chi connectivity index (χ4v) is 2.45. The van der Waals surface area contributed by atoms with E-state index in [0.717, 1.165) is 26.4 Å². The number of Topliss-reactive ketones (excluding diaryl/α,β-unsaturated/α-hetero) is 2. The molecule has 2 aromatic rings. The first-order chi connectivity index (χ1) is 15.0. The van der Waals surface area contributed by atoms with Crippen LogP contribution in [0.5, 0.6) is 5.75 Å². The van der Waals surface area contributed by atoms with Gasteiger partial charge in [-0.1, -0.05) is 24.0 Å². The zero-order valence-corrected chi connectivity index (χ0v) is 16.7. The van der Waals surface area contributed by atoms with Crippen LogP contribution < -0.4 is 4.74 Å². The van der Waals surface area contributed by atoms with E-state index in [4.69, 9.17) is 14.6 Å². The molecule has 1 heterocycles. The number of carbonyl (C=O) groups is 2. The first-order valence-corrected chi connectivity index (χ1v) is 9.50. The van der Waals surface area contributed by atoms with Crippen LogP contribution in [0.2, 0.25) is 0 Å². The minimum atomic E-state index is -2.96. The second-order valence-corrected chi connectivity index (χ2v) is 6.14. The summed E-state index contributed by atoms with van der Waals surface area (Å²) < 4.78 is 38.3. The third-order valence-corrected chi connectivity index (χ3v) is 3.89. The van der Waals surface area contributed by atoms with Crippen LogP contribution in [0.25, 0.3) is 0 Å². The Morgan fingerprint density at radius 2 is 1.58 bits per heavy atom. The van der Waals surface area contributed by atoms with E-state index in [1.807, 2.05) is 0 Å². The lowest BCUT2D eigenvalue weighted by molar-refractivity contribution is -0.0498. The number of aliphatic hydroxyl groups is 1. The first-order valence-electron chi connectivity index (χ1n) is 9.50. The van der Waals surface area contributed by atoms with Crippen LogP contribution in [-0.2, 0) is 9.47 Å². The van der Waals surface area contributed by atoms with Crippen molar-refractivity contribution in [2.45, 2.75) is 13.0 Å². The molecule has 164 valence electrons. The normalized spacial score (nSPS) is 12.8. The maximum Gasteiger partial charge on any atom is 0.387 e. The van der Waals surface area contributed by atoms with E-state index < -0.39 is 18.2 Å². The van der Waals surface area contributed by atoms with E-state index in [0.29, 0.717) is 12.0 Å². The van der Waals surface area contributed by atoms with E-state index in [2.05, 4.69) is 16.6 Å². The molecule has 0 bridgehead atoms. The quantitative estimate of drug-likeness (QED) is 0.429. The van der Waals surface area contributed by atoms with Gasteiger partial charge in [-0.3, -0.25) is 9.59 Å². The highest BCUT2D eigenvalue weighted by Crippen LogP contribution is 2.17. The molecule has 0 aliphatic carbocycles. The van der Waals surface area contributed by atoms with Crippen LogP contribution in [-0.4, -0.2) is 56.3 Å². The number of hydrogen-bond donors (Lipinski definition) is 1. The second-order valence-electron chi connectivity index (χ2n) is 6.14. The summed E-state index contributed by atoms with van der Waals surface area (Å²) in [5, 5.41) is 8.70. The summed E-state index contributed by atoms with van der Waals surface area (Å²) in [6.07, 6.45) is 0.310. The van der Waals surface area contributed by atoms with Crippen molar-refractivity contribution in [1.29, 1.82) is 0 Å². The van der Waals surface area contributed by atoms with Crippen LogP contribution in [0.3, 0.4) is 0 Å². The Hall–Kier alpha value is -3.12. The molecule has 3 rings (SSSR count). The molecule has 1 saturated heterocycles. The van der Waals surface area contributed by atoms with Crippen LogP contribution in [0, 0.1) is 11.8 Å². The van der Waals surface area contributed by atoms with Crippen molar-refractivity contribution in [3.05, 3.63) is 65.2 Å². The summed E-state index contributed by atoms with van der Waals surface area (Å²) in [6, 6.07) is 11.2. The Morgan fingerprint density at radius 1 is 0.968 bits per heavy atom. The predicted molar refractivity (Wildman–Crippen MR) is 108 cm³/mol. The van der Waals surface area contributed by atoms with Gasteiger partial charge >= 0.3 is 6.61 Å². The molecule has 1 N–H and O–H groups in total. The van der Waals surface area contributed by atoms with Crippen LogP contribution >= 0.6 is 0 Å². The SMILES string of the molecule is C1COCCO1.O=C(C(=O)c1cccc(C#CCCO)c1)c1ccc(OC(F)F)cc1. The summed E-state index contributed by atoms with van der Waals surface area (Å²) in [4.78, 5) is 24.5. The Bertz CT molecular complexity index is 900. The van der Waals surface area contributed by atoms with Crippen LogP contribution in [0.15, 0.2) is 48.5 Å². The lowest BCUT2D eigenvalue weighted by Gasteiger charge is -2.09. The van der Waals surface area contributed by atoms with Crippen molar-refractivity contribution in [2.75, 3.05) is 33.0 Å². The lowest BCUT2D eigenvalue weighted by atomic mass is 10.00. The first kappa shape index (κ1) is 24.2. The highest BCUT2D eigenvalue weighted by atomic mass is 19.3. The Morgan fingerprint density at radius 3 is 2.13 bits per heavy atom. The van der Waals surface area contributed by atoms with E-state index in [9.17, 15) is 18.4 Å². The molecule has 31 heavy (non-hydrogen) atoms. The molecule has 0 aromatic heterocycles. The van der Waals surface area contributed by atoms with Gasteiger partial charge in [0.2, 0.25) is 11.6 Å². The number of ether oxygens (including phenoxy) is 3. The monoisotopic (exact) mass is 432 g/mol. The summed E-state index contributed by atoms with van der Waals surface area (Å²) in [5.74, 6) is 3.93. The van der Waals surface area contributed by atoms with Gasteiger partial charge in [-0.05, 0) is 36.4 Å². The number of ketones is 2. The van der Waals surface area contributed by atoms with Gasteiger partial charge in [0.25, 0.3) is 0 Å². The molecule has 6 nitrogen and oxygen atoms in total. The molecule has 1 fully saturated rings. The largest absolute Gasteiger partial charge is 0.435 e. The lowest BCUT2D eigenvalue weighted by Crippen LogP contribution is -2.16. The van der Waals surface area contributed by atoms with Crippen molar-refractivity contribution in [2.24, 2.45) is 0 Å². The third-order valence-electron chi connectivity index (χ3n) is 3.89. The average Bonchev–Trinajstić information content (AvgIpc) is 2.80. The fraction of sp³-hybridized carbons (Fsp3) is 0.304. The molecular weight excluding hydrogens is 410 g/mol. The summed E-state index contributed by atoms with van der Waals surface area (Å²) in [6.45, 7) is 0.0907. The van der Waals surface area contributed by atoms with Gasteiger partial charge in [-0.2, -0.15) is 8.78 Å². The Balaban J connectivity index is 0.000000488. The van der Waals surface area contributed by atoms with Crippen molar-refractivity contribution in [3.63, 3.8) is 0 Å². The van der Waals surface area contributed by atoms with E-state index in [1.54, 1.807) is 12.1 Å². The topological polar surface area (TPSA) is 82.1 Å². The Kier molecular flexibility index (Phi) is 10.3. The molecule has 0 radical (unpaired) electrons. The molecule has 0 saturated carbocycles. The van der Waals surface area contributed by atoms with Crippen molar-refractivity contribution < 1.29 is 37.7 Å². The molecule has 1 aliphatic rings. The molecule has 8 heteroatoms. The molecular formula is C23H22F2O6. The van der Waals surface area contributed by atoms with E-state index in [-0.39, 0.29) is 23.5 Å². The molecule has 0 spiro atoms. The minimum absolute atomic E-state index is 0.0601. The molecule has 1 aliphatic heterocycles. The number of rotatable bonds is 6. The number of alkyl halides is 2. The van der Waals surface area contributed by atoms with E-state index in [1.165, 1.54) is 36.4 Å². The van der Waals surface area contributed by atoms with Gasteiger partial charge < -0.3 is 19.3 Å². The standard InChI is InChI=1S/C19H14F2O4.C4H8O2/c20-19(21)25-16-9-7-14(8-10-16)17(23)18(24)15-6-3-5-13(12-15)4-1-2-11-22;1-2-6-4-3-5-1/h3,5-10,12,19,22H,2,11H2;1-4H2. The summed E-state index contributed by atoms with van der Waals surface area (Å²) in [5.41, 5.74) is 0.796. The van der Waals surface area contributed by atoms with Gasteiger partial charge in [-0.25, -0.2) is 0 Å². The van der Waals surface area contributed by atoms with Gasteiger partial charge in [0.1, 0.15) is 5.75 Å². The van der Waals surface area contributed by atoms with Crippen molar-refractivity contribution in [3.8, 4) is 17.6 Å². The molecule has 0 unspecified atom stereocenters. The fourth-order valence-electron chi connectivity index (χ4n) is 2.45. The predicted octanol–water partition coefficient (Wildman–Crippen LogP) is 3.12. The van der Waals surface area contributed by atoms with Gasteiger partial charge in [-0.15, -0.1) is 0 Å². The van der Waals surface area contributed by atoms with Crippen LogP contribution in [0.1, 0.15) is 32.7 Å². The molecule has 2 aromatic carbocycles. The highest BCUT2D eigenvalue weighted by molar-refractivity contribution is 6.49. The van der Waals surface area contributed by atoms with Crippen molar-refractivity contribution >= 4 is 11.6 Å². The van der Waals surface area contributed by atoms with Gasteiger partial charge in [0.05, 0.1) is 33.0 Å². The number of aliphatic hydroxyl groups excluding tert-OH is 1. The smallest absolute Gasteiger partial charge is 0.387 e. The number of halogens is 2. The van der Waals surface area contributed by atoms with Gasteiger partial charge in [0, 0.05) is 23.1 Å². The number of benzene rings is 2. The summed E-state index contributed by atoms with van der Waals surface area (Å²) in [7, 11) is 0. The van der Waals surface area contributed by atoms with Crippen LogP contribution in [0.4, 0.5) is 8.78 Å². The maximum absolute atomic E-state index is 12.3. The number of hydrogen-bond acceptors (Lipinski definition) is 6. The molecule has 0 atom stereocenters. The number of carbonyl (C=O) groups excluding carboxylic acids is 2.